The van der Waals surface area contributed by atoms with Gasteiger partial charge in [-0.3, -0.25) is 5.32 Å². The van der Waals surface area contributed by atoms with Crippen molar-refractivity contribution in [2.24, 2.45) is 0 Å². The van der Waals surface area contributed by atoms with Crippen LogP contribution < -0.4 is 10.6 Å². The summed E-state index contributed by atoms with van der Waals surface area (Å²) in [6.45, 7) is 2.05. The van der Waals surface area contributed by atoms with E-state index in [4.69, 9.17) is 27.9 Å². The van der Waals surface area contributed by atoms with Crippen LogP contribution >= 0.6 is 34.5 Å². The molecule has 2 aromatic rings. The molecule has 1 aromatic carbocycles. The smallest absolute Gasteiger partial charge is 0.341 e. The van der Waals surface area contributed by atoms with Crippen LogP contribution in [0.2, 0.25) is 10.0 Å². The maximum Gasteiger partial charge on any atom is 0.341 e. The molecule has 0 atom stereocenters. The van der Waals surface area contributed by atoms with Crippen LogP contribution in [0.5, 0.6) is 0 Å². The van der Waals surface area contributed by atoms with Crippen molar-refractivity contribution in [2.45, 2.75) is 32.6 Å². The Morgan fingerprint density at radius 2 is 1.92 bits per heavy atom. The van der Waals surface area contributed by atoms with E-state index in [1.54, 1.807) is 25.1 Å². The number of hydrogen-bond donors (Lipinski definition) is 2. The lowest BCUT2D eigenvalue weighted by molar-refractivity contribution is 0.0526. The van der Waals surface area contributed by atoms with Gasteiger partial charge in [-0.05, 0) is 56.4 Å². The number of aryl methyl sites for hydroxylation is 1. The van der Waals surface area contributed by atoms with E-state index in [-0.39, 0.29) is 0 Å². The highest BCUT2D eigenvalue weighted by Crippen LogP contribution is 2.38. The van der Waals surface area contributed by atoms with Gasteiger partial charge in [0.15, 0.2) is 0 Å². The SMILES string of the molecule is CCOC(=O)c1c(NC(=O)Nc2ccc(Cl)c(Cl)c2)sc2c1CCCC2. The van der Waals surface area contributed by atoms with Gasteiger partial charge in [0.2, 0.25) is 0 Å². The molecule has 8 heteroatoms. The minimum absolute atomic E-state index is 0.290. The molecule has 0 aliphatic heterocycles. The van der Waals surface area contributed by atoms with Crippen LogP contribution in [-0.2, 0) is 17.6 Å². The molecular formula is C18H18Cl2N2O3S. The molecular weight excluding hydrogens is 395 g/mol. The van der Waals surface area contributed by atoms with Gasteiger partial charge in [-0.2, -0.15) is 0 Å². The van der Waals surface area contributed by atoms with Crippen molar-refractivity contribution in [3.05, 3.63) is 44.2 Å². The van der Waals surface area contributed by atoms with E-state index in [0.29, 0.717) is 32.9 Å². The Kier molecular flexibility index (Phi) is 6.06. The van der Waals surface area contributed by atoms with Crippen molar-refractivity contribution in [3.63, 3.8) is 0 Å². The zero-order valence-electron chi connectivity index (χ0n) is 14.2. The van der Waals surface area contributed by atoms with Gasteiger partial charge in [0.1, 0.15) is 5.00 Å². The van der Waals surface area contributed by atoms with Crippen molar-refractivity contribution in [1.29, 1.82) is 0 Å². The van der Waals surface area contributed by atoms with Crippen molar-refractivity contribution >= 4 is 57.2 Å². The quantitative estimate of drug-likeness (QED) is 0.627. The number of benzene rings is 1. The van der Waals surface area contributed by atoms with Crippen molar-refractivity contribution in [1.82, 2.24) is 0 Å². The maximum absolute atomic E-state index is 12.4. The van der Waals surface area contributed by atoms with Crippen molar-refractivity contribution in [3.8, 4) is 0 Å². The van der Waals surface area contributed by atoms with Gasteiger partial charge in [-0.15, -0.1) is 11.3 Å². The summed E-state index contributed by atoms with van der Waals surface area (Å²) in [6.07, 6.45) is 3.87. The normalized spacial score (nSPS) is 13.0. The number of hydrogen-bond acceptors (Lipinski definition) is 4. The van der Waals surface area contributed by atoms with Crippen LogP contribution in [0.25, 0.3) is 0 Å². The van der Waals surface area contributed by atoms with Crippen LogP contribution in [0.15, 0.2) is 18.2 Å². The van der Waals surface area contributed by atoms with Gasteiger partial charge in [-0.25, -0.2) is 9.59 Å². The minimum Gasteiger partial charge on any atom is -0.462 e. The number of urea groups is 1. The first-order chi connectivity index (χ1) is 12.5. The molecule has 2 N–H and O–H groups in total. The highest BCUT2D eigenvalue weighted by atomic mass is 35.5. The van der Waals surface area contributed by atoms with Gasteiger partial charge < -0.3 is 10.1 Å². The fourth-order valence-corrected chi connectivity index (χ4v) is 4.48. The van der Waals surface area contributed by atoms with Gasteiger partial charge in [-0.1, -0.05) is 23.2 Å². The van der Waals surface area contributed by atoms with E-state index >= 15 is 0 Å². The molecule has 0 fully saturated rings. The Balaban J connectivity index is 1.81. The Hall–Kier alpha value is -1.76. The van der Waals surface area contributed by atoms with Crippen LogP contribution in [0.3, 0.4) is 0 Å². The number of carbonyl (C=O) groups excluding carboxylic acids is 2. The third-order valence-electron chi connectivity index (χ3n) is 4.06. The van der Waals surface area contributed by atoms with E-state index in [1.807, 2.05) is 0 Å². The average molecular weight is 413 g/mol. The second-order valence-corrected chi connectivity index (χ2v) is 7.76. The van der Waals surface area contributed by atoms with Crippen LogP contribution in [0.4, 0.5) is 15.5 Å². The van der Waals surface area contributed by atoms with E-state index in [9.17, 15) is 9.59 Å². The Labute approximate surface area is 165 Å². The first kappa shape index (κ1) is 19.0. The third-order valence-corrected chi connectivity index (χ3v) is 6.00. The molecule has 26 heavy (non-hydrogen) atoms. The number of halogens is 2. The molecule has 0 bridgehead atoms. The van der Waals surface area contributed by atoms with E-state index in [1.165, 1.54) is 11.3 Å². The molecule has 2 amide bonds. The lowest BCUT2D eigenvalue weighted by Crippen LogP contribution is -2.20. The van der Waals surface area contributed by atoms with E-state index in [0.717, 1.165) is 36.1 Å². The molecule has 1 aliphatic carbocycles. The average Bonchev–Trinajstić information content (AvgIpc) is 2.96. The van der Waals surface area contributed by atoms with Crippen LogP contribution in [-0.4, -0.2) is 18.6 Å². The third kappa shape index (κ3) is 4.14. The number of esters is 1. The summed E-state index contributed by atoms with van der Waals surface area (Å²) in [7, 11) is 0. The minimum atomic E-state index is -0.451. The highest BCUT2D eigenvalue weighted by Gasteiger charge is 2.27. The first-order valence-corrected chi connectivity index (χ1v) is 9.91. The first-order valence-electron chi connectivity index (χ1n) is 8.34. The zero-order chi connectivity index (χ0) is 18.7. The molecule has 1 heterocycles. The monoisotopic (exact) mass is 412 g/mol. The maximum atomic E-state index is 12.4. The summed E-state index contributed by atoms with van der Waals surface area (Å²) >= 11 is 13.3. The molecule has 0 saturated carbocycles. The van der Waals surface area contributed by atoms with Crippen molar-refractivity contribution < 1.29 is 14.3 Å². The van der Waals surface area contributed by atoms with Crippen LogP contribution in [0.1, 0.15) is 40.6 Å². The summed E-state index contributed by atoms with van der Waals surface area (Å²) in [4.78, 5) is 25.9. The number of amides is 2. The Morgan fingerprint density at radius 3 is 2.65 bits per heavy atom. The molecule has 3 rings (SSSR count). The zero-order valence-corrected chi connectivity index (χ0v) is 16.5. The summed E-state index contributed by atoms with van der Waals surface area (Å²) < 4.78 is 5.19. The summed E-state index contributed by atoms with van der Waals surface area (Å²) in [6, 6.07) is 4.37. The molecule has 1 aromatic heterocycles. The van der Waals surface area contributed by atoms with Gasteiger partial charge in [0.05, 0.1) is 22.2 Å². The molecule has 0 spiro atoms. The predicted octanol–water partition coefficient (Wildman–Crippen LogP) is 5.75. The van der Waals surface area contributed by atoms with E-state index in [2.05, 4.69) is 10.6 Å². The number of thiophene rings is 1. The Bertz CT molecular complexity index is 851. The van der Waals surface area contributed by atoms with Crippen molar-refractivity contribution in [2.75, 3.05) is 17.2 Å². The fraction of sp³-hybridized carbons (Fsp3) is 0.333. The molecule has 0 radical (unpaired) electrons. The Morgan fingerprint density at radius 1 is 1.15 bits per heavy atom. The molecule has 138 valence electrons. The second-order valence-electron chi connectivity index (χ2n) is 5.84. The second kappa shape index (κ2) is 8.29. The van der Waals surface area contributed by atoms with Gasteiger partial charge >= 0.3 is 12.0 Å². The number of anilines is 2. The number of nitrogens with one attached hydrogen (secondary N) is 2. The molecule has 1 aliphatic rings. The lowest BCUT2D eigenvalue weighted by atomic mass is 9.95. The summed E-state index contributed by atoms with van der Waals surface area (Å²) in [5.74, 6) is -0.392. The number of fused-ring (bicyclic) bond motifs is 1. The van der Waals surface area contributed by atoms with Crippen LogP contribution in [0, 0.1) is 0 Å². The number of rotatable bonds is 4. The lowest BCUT2D eigenvalue weighted by Gasteiger charge is -2.12. The topological polar surface area (TPSA) is 67.4 Å². The summed E-state index contributed by atoms with van der Waals surface area (Å²) in [5, 5.41) is 6.76. The summed E-state index contributed by atoms with van der Waals surface area (Å²) in [5.41, 5.74) is 2.00. The fourth-order valence-electron chi connectivity index (χ4n) is 2.91. The molecule has 0 saturated heterocycles. The number of ether oxygens (including phenoxy) is 1. The number of carbonyl (C=O) groups is 2. The molecule has 5 nitrogen and oxygen atoms in total. The van der Waals surface area contributed by atoms with Gasteiger partial charge in [0, 0.05) is 10.6 Å². The van der Waals surface area contributed by atoms with Gasteiger partial charge in [0.25, 0.3) is 0 Å². The standard InChI is InChI=1S/C18H18Cl2N2O3S/c1-2-25-17(23)15-11-5-3-4-6-14(11)26-16(15)22-18(24)21-10-7-8-12(19)13(20)9-10/h7-9H,2-6H2,1H3,(H2,21,22,24). The predicted molar refractivity (Wildman–Crippen MR) is 106 cm³/mol. The van der Waals surface area contributed by atoms with E-state index < -0.39 is 12.0 Å². The highest BCUT2D eigenvalue weighted by molar-refractivity contribution is 7.17. The largest absolute Gasteiger partial charge is 0.462 e. The molecule has 0 unspecified atom stereocenters.